The number of halogens is 1. The Morgan fingerprint density at radius 2 is 2.35 bits per heavy atom. The number of rotatable bonds is 4. The first kappa shape index (κ1) is 11.9. The average molecular weight is 253 g/mol. The Morgan fingerprint density at radius 3 is 3.00 bits per heavy atom. The van der Waals surface area contributed by atoms with Crippen LogP contribution in [0.1, 0.15) is 11.4 Å². The molecule has 0 aromatic carbocycles. The van der Waals surface area contributed by atoms with Crippen molar-refractivity contribution in [2.75, 3.05) is 5.88 Å². The Bertz CT molecular complexity index is 564. The van der Waals surface area contributed by atoms with Gasteiger partial charge in [0.05, 0.1) is 0 Å². The van der Waals surface area contributed by atoms with Gasteiger partial charge < -0.3 is 10.3 Å². The third-order valence-electron chi connectivity index (χ3n) is 2.55. The summed E-state index contributed by atoms with van der Waals surface area (Å²) in [5.41, 5.74) is 7.74. The first-order chi connectivity index (χ1) is 8.13. The van der Waals surface area contributed by atoms with E-state index in [1.807, 2.05) is 13.0 Å². The van der Waals surface area contributed by atoms with Crippen LogP contribution >= 0.6 is 11.6 Å². The topological polar surface area (TPSA) is 73.8 Å². The van der Waals surface area contributed by atoms with Crippen LogP contribution in [0.5, 0.6) is 0 Å². The Labute approximate surface area is 104 Å². The van der Waals surface area contributed by atoms with E-state index in [9.17, 15) is 4.79 Å². The summed E-state index contributed by atoms with van der Waals surface area (Å²) >= 11 is 5.72. The number of alkyl halides is 1. The van der Waals surface area contributed by atoms with Crippen LogP contribution < -0.4 is 5.73 Å². The molecule has 2 aromatic rings. The van der Waals surface area contributed by atoms with Gasteiger partial charge in [-0.25, -0.2) is 9.97 Å². The summed E-state index contributed by atoms with van der Waals surface area (Å²) in [5, 5.41) is 0. The van der Waals surface area contributed by atoms with E-state index in [-0.39, 0.29) is 6.54 Å². The molecule has 0 radical (unpaired) electrons. The smallest absolute Gasteiger partial charge is 0.237 e. The molecule has 0 saturated carbocycles. The monoisotopic (exact) mass is 252 g/mol. The lowest BCUT2D eigenvalue weighted by molar-refractivity contribution is -0.118. The van der Waals surface area contributed by atoms with Crippen molar-refractivity contribution < 1.29 is 4.79 Å². The van der Waals surface area contributed by atoms with E-state index in [4.69, 9.17) is 17.3 Å². The fourth-order valence-corrected chi connectivity index (χ4v) is 1.95. The Kier molecular flexibility index (Phi) is 3.28. The van der Waals surface area contributed by atoms with Gasteiger partial charge in [0.15, 0.2) is 5.65 Å². The molecule has 5 nitrogen and oxygen atoms in total. The van der Waals surface area contributed by atoms with E-state index < -0.39 is 5.91 Å². The second kappa shape index (κ2) is 4.71. The van der Waals surface area contributed by atoms with Crippen molar-refractivity contribution in [3.05, 3.63) is 23.7 Å². The maximum atomic E-state index is 11.1. The quantitative estimate of drug-likeness (QED) is 0.826. The molecule has 0 aliphatic heterocycles. The second-order valence-corrected chi connectivity index (χ2v) is 4.20. The van der Waals surface area contributed by atoms with Gasteiger partial charge in [-0.2, -0.15) is 0 Å². The van der Waals surface area contributed by atoms with Crippen molar-refractivity contribution >= 4 is 28.7 Å². The molecule has 2 N–H and O–H groups in total. The third kappa shape index (κ3) is 2.24. The maximum absolute atomic E-state index is 11.1. The van der Waals surface area contributed by atoms with Crippen LogP contribution in [0.4, 0.5) is 0 Å². The Hall–Kier alpha value is -1.62. The first-order valence-corrected chi connectivity index (χ1v) is 5.82. The molecular weight excluding hydrogens is 240 g/mol. The molecule has 2 rings (SSSR count). The molecule has 0 atom stereocenters. The highest BCUT2D eigenvalue weighted by Gasteiger charge is 2.14. The molecule has 0 aliphatic rings. The molecule has 0 aliphatic carbocycles. The van der Waals surface area contributed by atoms with Gasteiger partial charge >= 0.3 is 0 Å². The molecule has 17 heavy (non-hydrogen) atoms. The number of imidazole rings is 1. The normalized spacial score (nSPS) is 10.9. The SMILES string of the molecule is Cc1ccnc2c1nc(CCCl)n2CC(N)=O. The van der Waals surface area contributed by atoms with Crippen LogP contribution in [0.2, 0.25) is 0 Å². The predicted octanol–water partition coefficient (Wildman–Crippen LogP) is 1.01. The Morgan fingerprint density at radius 1 is 1.59 bits per heavy atom. The van der Waals surface area contributed by atoms with E-state index in [0.717, 1.165) is 16.9 Å². The van der Waals surface area contributed by atoms with Crippen molar-refractivity contribution in [3.63, 3.8) is 0 Å². The lowest BCUT2D eigenvalue weighted by atomic mass is 10.3. The molecule has 90 valence electrons. The third-order valence-corrected chi connectivity index (χ3v) is 2.74. The van der Waals surface area contributed by atoms with E-state index in [1.165, 1.54) is 0 Å². The van der Waals surface area contributed by atoms with Gasteiger partial charge in [0.2, 0.25) is 5.91 Å². The number of pyridine rings is 1. The zero-order valence-corrected chi connectivity index (χ0v) is 10.2. The van der Waals surface area contributed by atoms with Gasteiger partial charge in [-0.15, -0.1) is 11.6 Å². The van der Waals surface area contributed by atoms with Crippen LogP contribution in [-0.4, -0.2) is 26.3 Å². The number of carbonyl (C=O) groups excluding carboxylic acids is 1. The van der Waals surface area contributed by atoms with Crippen molar-refractivity contribution in [1.82, 2.24) is 14.5 Å². The summed E-state index contributed by atoms with van der Waals surface area (Å²) in [5.74, 6) is 0.778. The zero-order valence-electron chi connectivity index (χ0n) is 9.48. The summed E-state index contributed by atoms with van der Waals surface area (Å²) in [7, 11) is 0. The minimum atomic E-state index is -0.413. The number of aryl methyl sites for hydroxylation is 2. The summed E-state index contributed by atoms with van der Waals surface area (Å²) in [6.45, 7) is 2.04. The molecule has 0 saturated heterocycles. The number of primary amides is 1. The fraction of sp³-hybridized carbons (Fsp3) is 0.364. The van der Waals surface area contributed by atoms with Gasteiger partial charge in [0, 0.05) is 18.5 Å². The van der Waals surface area contributed by atoms with E-state index in [0.29, 0.717) is 17.9 Å². The van der Waals surface area contributed by atoms with Crippen molar-refractivity contribution in [3.8, 4) is 0 Å². The molecule has 0 bridgehead atoms. The van der Waals surface area contributed by atoms with Crippen LogP contribution in [0.25, 0.3) is 11.2 Å². The molecule has 0 spiro atoms. The summed E-state index contributed by atoms with van der Waals surface area (Å²) in [6.07, 6.45) is 2.28. The maximum Gasteiger partial charge on any atom is 0.237 e. The first-order valence-electron chi connectivity index (χ1n) is 5.28. The minimum absolute atomic E-state index is 0.0825. The standard InChI is InChI=1S/C11H13ClN4O/c1-7-3-5-14-11-10(7)15-9(2-4-12)16(11)6-8(13)17/h3,5H,2,4,6H2,1H3,(H2,13,17). The summed E-state index contributed by atoms with van der Waals surface area (Å²) < 4.78 is 1.73. The predicted molar refractivity (Wildman–Crippen MR) is 65.9 cm³/mol. The molecule has 1 amide bonds. The van der Waals surface area contributed by atoms with Gasteiger partial charge in [-0.3, -0.25) is 4.79 Å². The number of fused-ring (bicyclic) bond motifs is 1. The van der Waals surface area contributed by atoms with Gasteiger partial charge in [0.25, 0.3) is 0 Å². The molecule has 2 heterocycles. The van der Waals surface area contributed by atoms with Crippen LogP contribution in [0.15, 0.2) is 12.3 Å². The highest BCUT2D eigenvalue weighted by Crippen LogP contribution is 2.17. The van der Waals surface area contributed by atoms with Gasteiger partial charge in [-0.1, -0.05) is 0 Å². The summed E-state index contributed by atoms with van der Waals surface area (Å²) in [4.78, 5) is 19.8. The van der Waals surface area contributed by atoms with Crippen molar-refractivity contribution in [2.24, 2.45) is 5.73 Å². The van der Waals surface area contributed by atoms with E-state index in [2.05, 4.69) is 9.97 Å². The number of nitrogens with zero attached hydrogens (tertiary/aromatic N) is 3. The molecular formula is C11H13ClN4O. The number of aromatic nitrogens is 3. The fourth-order valence-electron chi connectivity index (χ4n) is 1.78. The van der Waals surface area contributed by atoms with Crippen LogP contribution in [-0.2, 0) is 17.8 Å². The van der Waals surface area contributed by atoms with E-state index in [1.54, 1.807) is 10.8 Å². The van der Waals surface area contributed by atoms with Crippen molar-refractivity contribution in [2.45, 2.75) is 19.9 Å². The molecule has 0 fully saturated rings. The van der Waals surface area contributed by atoms with Crippen molar-refractivity contribution in [1.29, 1.82) is 0 Å². The van der Waals surface area contributed by atoms with Gasteiger partial charge in [0.1, 0.15) is 17.9 Å². The number of hydrogen-bond acceptors (Lipinski definition) is 3. The van der Waals surface area contributed by atoms with Crippen LogP contribution in [0.3, 0.4) is 0 Å². The zero-order chi connectivity index (χ0) is 12.4. The highest BCUT2D eigenvalue weighted by atomic mass is 35.5. The lowest BCUT2D eigenvalue weighted by Gasteiger charge is -2.04. The number of amides is 1. The lowest BCUT2D eigenvalue weighted by Crippen LogP contribution is -2.20. The number of hydrogen-bond donors (Lipinski definition) is 1. The molecule has 2 aromatic heterocycles. The van der Waals surface area contributed by atoms with Gasteiger partial charge in [-0.05, 0) is 18.6 Å². The molecule has 0 unspecified atom stereocenters. The van der Waals surface area contributed by atoms with E-state index >= 15 is 0 Å². The minimum Gasteiger partial charge on any atom is -0.368 e. The highest BCUT2D eigenvalue weighted by molar-refractivity contribution is 6.17. The summed E-state index contributed by atoms with van der Waals surface area (Å²) in [6, 6.07) is 1.88. The number of nitrogens with two attached hydrogens (primary N) is 1. The average Bonchev–Trinajstić information content (AvgIpc) is 2.59. The second-order valence-electron chi connectivity index (χ2n) is 3.82. The Balaban J connectivity index is 2.62. The molecule has 6 heteroatoms. The van der Waals surface area contributed by atoms with Crippen LogP contribution in [0, 0.1) is 6.92 Å². The largest absolute Gasteiger partial charge is 0.368 e. The number of carbonyl (C=O) groups is 1.